The Labute approximate surface area is 132 Å². The number of nitrogens with two attached hydrogens (primary N) is 1. The first kappa shape index (κ1) is 15.8. The summed E-state index contributed by atoms with van der Waals surface area (Å²) in [5, 5.41) is 0. The largest absolute Gasteiger partial charge is 0.323 e. The van der Waals surface area contributed by atoms with Gasteiger partial charge in [-0.15, -0.1) is 0 Å². The molecule has 0 aromatic heterocycles. The van der Waals surface area contributed by atoms with E-state index in [1.807, 2.05) is 0 Å². The van der Waals surface area contributed by atoms with E-state index >= 15 is 0 Å². The van der Waals surface area contributed by atoms with Crippen molar-refractivity contribution in [3.05, 3.63) is 0 Å². The van der Waals surface area contributed by atoms with Crippen LogP contribution in [0.3, 0.4) is 0 Å². The molecule has 1 saturated heterocycles. The Kier molecular flexibility index (Phi) is 5.27. The molecule has 21 heavy (non-hydrogen) atoms. The second-order valence-corrected chi connectivity index (χ2v) is 8.51. The Hall–Kier alpha value is -0.0800. The van der Waals surface area contributed by atoms with Gasteiger partial charge in [0, 0.05) is 11.8 Å². The molecule has 0 amide bonds. The molecule has 2 N–H and O–H groups in total. The van der Waals surface area contributed by atoms with E-state index in [4.69, 9.17) is 5.73 Å². The summed E-state index contributed by atoms with van der Waals surface area (Å²) >= 11 is 0. The third kappa shape index (κ3) is 3.64. The minimum Gasteiger partial charge on any atom is -0.323 e. The number of unbranched alkanes of at least 4 members (excludes halogenated alkanes) is 1. The molecule has 3 unspecified atom stereocenters. The van der Waals surface area contributed by atoms with Crippen molar-refractivity contribution in [3.63, 3.8) is 0 Å². The first-order valence-electron chi connectivity index (χ1n) is 9.83. The summed E-state index contributed by atoms with van der Waals surface area (Å²) in [7, 11) is 0. The van der Waals surface area contributed by atoms with Gasteiger partial charge in [-0.3, -0.25) is 0 Å². The van der Waals surface area contributed by atoms with Gasteiger partial charge in [0.1, 0.15) is 0 Å². The standard InChI is InChI=1S/C19H37N2/c1-2-3-7-17-12-18(20)15-21(14-17,13-16-8-6-9-16)19-10-4-5-11-19/h16-19H,2-15,20H2,1H3/q+1. The summed E-state index contributed by atoms with van der Waals surface area (Å²) in [6.07, 6.45) is 15.9. The molecule has 3 rings (SSSR count). The van der Waals surface area contributed by atoms with Crippen LogP contribution in [0.15, 0.2) is 0 Å². The molecule has 0 aromatic rings. The summed E-state index contributed by atoms with van der Waals surface area (Å²) in [5.74, 6) is 1.94. The molecule has 0 bridgehead atoms. The van der Waals surface area contributed by atoms with E-state index in [1.54, 1.807) is 0 Å². The number of hydrogen-bond acceptors (Lipinski definition) is 1. The maximum Gasteiger partial charge on any atom is 0.0942 e. The van der Waals surface area contributed by atoms with Crippen LogP contribution in [-0.4, -0.2) is 36.2 Å². The maximum absolute atomic E-state index is 6.56. The maximum atomic E-state index is 6.56. The monoisotopic (exact) mass is 293 g/mol. The molecule has 0 spiro atoms. The lowest BCUT2D eigenvalue weighted by molar-refractivity contribution is -0.962. The van der Waals surface area contributed by atoms with Gasteiger partial charge in [0.2, 0.25) is 0 Å². The SMILES string of the molecule is CCCCC1CC(N)C[N+](CC2CCC2)(C2CCCC2)C1. The Morgan fingerprint density at radius 3 is 2.33 bits per heavy atom. The lowest BCUT2D eigenvalue weighted by Gasteiger charge is -2.53. The zero-order chi connectivity index (χ0) is 14.7. The lowest BCUT2D eigenvalue weighted by atomic mass is 9.80. The van der Waals surface area contributed by atoms with Gasteiger partial charge in [0.25, 0.3) is 0 Å². The molecule has 0 radical (unpaired) electrons. The quantitative estimate of drug-likeness (QED) is 0.734. The van der Waals surface area contributed by atoms with Crippen LogP contribution in [0, 0.1) is 11.8 Å². The van der Waals surface area contributed by atoms with E-state index < -0.39 is 0 Å². The van der Waals surface area contributed by atoms with Crippen LogP contribution in [0.4, 0.5) is 0 Å². The number of nitrogens with zero attached hydrogens (tertiary/aromatic N) is 1. The van der Waals surface area contributed by atoms with Crippen molar-refractivity contribution in [1.82, 2.24) is 0 Å². The minimum absolute atomic E-state index is 0.473. The predicted octanol–water partition coefficient (Wildman–Crippen LogP) is 4.08. The molecule has 1 aliphatic heterocycles. The van der Waals surface area contributed by atoms with Crippen LogP contribution in [0.2, 0.25) is 0 Å². The fourth-order valence-corrected chi connectivity index (χ4v) is 5.57. The smallest absolute Gasteiger partial charge is 0.0942 e. The van der Waals surface area contributed by atoms with Crippen LogP contribution >= 0.6 is 0 Å². The van der Waals surface area contributed by atoms with Gasteiger partial charge in [-0.05, 0) is 51.4 Å². The highest BCUT2D eigenvalue weighted by atomic mass is 15.4. The second kappa shape index (κ2) is 7.00. The van der Waals surface area contributed by atoms with Crippen molar-refractivity contribution in [3.8, 4) is 0 Å². The minimum atomic E-state index is 0.473. The number of hydrogen-bond donors (Lipinski definition) is 1. The molecule has 3 atom stereocenters. The van der Waals surface area contributed by atoms with Crippen molar-refractivity contribution in [2.24, 2.45) is 17.6 Å². The Balaban J connectivity index is 1.71. The van der Waals surface area contributed by atoms with Crippen molar-refractivity contribution in [2.45, 2.75) is 89.6 Å². The Bertz CT molecular complexity index is 320. The first-order valence-corrected chi connectivity index (χ1v) is 9.83. The van der Waals surface area contributed by atoms with Crippen LogP contribution in [0.1, 0.15) is 77.6 Å². The molecule has 3 fully saturated rings. The normalized spacial score (nSPS) is 38.6. The molecular formula is C19H37N2+. The van der Waals surface area contributed by atoms with Gasteiger partial charge in [-0.1, -0.05) is 26.2 Å². The molecule has 3 aliphatic rings. The Morgan fingerprint density at radius 1 is 0.952 bits per heavy atom. The van der Waals surface area contributed by atoms with E-state index in [1.165, 1.54) is 94.7 Å². The number of quaternary nitrogens is 1. The third-order valence-corrected chi connectivity index (χ3v) is 6.77. The van der Waals surface area contributed by atoms with E-state index in [0.717, 1.165) is 17.9 Å². The van der Waals surface area contributed by atoms with E-state index in [0.29, 0.717) is 6.04 Å². The molecule has 2 aliphatic carbocycles. The summed E-state index contributed by atoms with van der Waals surface area (Å²) in [4.78, 5) is 0. The highest BCUT2D eigenvalue weighted by Crippen LogP contribution is 2.40. The van der Waals surface area contributed by atoms with Crippen LogP contribution in [-0.2, 0) is 0 Å². The summed E-state index contributed by atoms with van der Waals surface area (Å²) < 4.78 is 1.43. The molecule has 2 saturated carbocycles. The van der Waals surface area contributed by atoms with Gasteiger partial charge in [-0.2, -0.15) is 0 Å². The van der Waals surface area contributed by atoms with Crippen molar-refractivity contribution < 1.29 is 4.48 Å². The lowest BCUT2D eigenvalue weighted by Crippen LogP contribution is -2.66. The highest BCUT2D eigenvalue weighted by molar-refractivity contribution is 4.82. The number of likely N-dealkylation sites (tertiary alicyclic amines) is 1. The van der Waals surface area contributed by atoms with Gasteiger partial charge in [0.05, 0.1) is 31.7 Å². The zero-order valence-corrected chi connectivity index (χ0v) is 14.2. The fourth-order valence-electron chi connectivity index (χ4n) is 5.57. The molecule has 1 heterocycles. The highest BCUT2D eigenvalue weighted by Gasteiger charge is 2.46. The number of piperidine rings is 1. The summed E-state index contributed by atoms with van der Waals surface area (Å²) in [6, 6.07) is 1.43. The zero-order valence-electron chi connectivity index (χ0n) is 14.2. The molecule has 2 heteroatoms. The second-order valence-electron chi connectivity index (χ2n) is 8.51. The molecule has 2 nitrogen and oxygen atoms in total. The third-order valence-electron chi connectivity index (χ3n) is 6.77. The average molecular weight is 294 g/mol. The van der Waals surface area contributed by atoms with Crippen molar-refractivity contribution in [1.29, 1.82) is 0 Å². The van der Waals surface area contributed by atoms with Gasteiger partial charge < -0.3 is 10.2 Å². The first-order chi connectivity index (χ1) is 10.2. The summed E-state index contributed by atoms with van der Waals surface area (Å²) in [6.45, 7) is 6.57. The van der Waals surface area contributed by atoms with E-state index in [9.17, 15) is 0 Å². The van der Waals surface area contributed by atoms with Crippen molar-refractivity contribution >= 4 is 0 Å². The van der Waals surface area contributed by atoms with Crippen LogP contribution < -0.4 is 5.73 Å². The topological polar surface area (TPSA) is 26.0 Å². The van der Waals surface area contributed by atoms with Gasteiger partial charge in [-0.25, -0.2) is 0 Å². The van der Waals surface area contributed by atoms with Crippen LogP contribution in [0.25, 0.3) is 0 Å². The molecular weight excluding hydrogens is 256 g/mol. The average Bonchev–Trinajstić information content (AvgIpc) is 2.95. The van der Waals surface area contributed by atoms with E-state index in [2.05, 4.69) is 6.92 Å². The van der Waals surface area contributed by atoms with Gasteiger partial charge >= 0.3 is 0 Å². The number of rotatable bonds is 6. The van der Waals surface area contributed by atoms with E-state index in [-0.39, 0.29) is 0 Å². The van der Waals surface area contributed by atoms with Gasteiger partial charge in [0.15, 0.2) is 0 Å². The fraction of sp³-hybridized carbons (Fsp3) is 1.00. The van der Waals surface area contributed by atoms with Crippen molar-refractivity contribution in [2.75, 3.05) is 19.6 Å². The predicted molar refractivity (Wildman–Crippen MR) is 90.1 cm³/mol. The van der Waals surface area contributed by atoms with Crippen LogP contribution in [0.5, 0.6) is 0 Å². The Morgan fingerprint density at radius 2 is 1.71 bits per heavy atom. The molecule has 122 valence electrons. The summed E-state index contributed by atoms with van der Waals surface area (Å²) in [5.41, 5.74) is 6.56. The molecule has 0 aromatic carbocycles.